The minimum absolute atomic E-state index is 0.0406. The van der Waals surface area contributed by atoms with Crippen molar-refractivity contribution in [1.82, 2.24) is 0 Å². The lowest BCUT2D eigenvalue weighted by Gasteiger charge is -2.48. The Morgan fingerprint density at radius 3 is 1.95 bits per heavy atom. The van der Waals surface area contributed by atoms with Crippen LogP contribution in [0.3, 0.4) is 0 Å². The van der Waals surface area contributed by atoms with Gasteiger partial charge in [-0.1, -0.05) is 36.4 Å². The summed E-state index contributed by atoms with van der Waals surface area (Å²) in [6, 6.07) is 19.4. The van der Waals surface area contributed by atoms with Crippen LogP contribution in [0, 0.1) is 17.6 Å². The molecule has 2 saturated heterocycles. The van der Waals surface area contributed by atoms with Crippen molar-refractivity contribution in [3.05, 3.63) is 101 Å². The fourth-order valence-corrected chi connectivity index (χ4v) is 5.71. The van der Waals surface area contributed by atoms with Crippen LogP contribution in [-0.4, -0.2) is 63.5 Å². The van der Waals surface area contributed by atoms with E-state index >= 15 is 0 Å². The summed E-state index contributed by atoms with van der Waals surface area (Å²) in [5.41, 5.74) is 3.31. The van der Waals surface area contributed by atoms with Gasteiger partial charge in [-0.2, -0.15) is 0 Å². The number of aliphatic hydroxyl groups excluding tert-OH is 4. The normalized spacial score (nSPS) is 28.4. The second kappa shape index (κ2) is 12.1. The van der Waals surface area contributed by atoms with Crippen molar-refractivity contribution in [3.8, 4) is 0 Å². The van der Waals surface area contributed by atoms with Crippen LogP contribution >= 0.6 is 0 Å². The number of halogens is 2. The maximum atomic E-state index is 13.6. The molecule has 0 bridgehead atoms. The zero-order chi connectivity index (χ0) is 28.4. The molecule has 212 valence electrons. The van der Waals surface area contributed by atoms with Gasteiger partial charge >= 0.3 is 0 Å². The van der Waals surface area contributed by atoms with Gasteiger partial charge in [-0.05, 0) is 72.4 Å². The number of rotatable bonds is 9. The maximum absolute atomic E-state index is 13.6. The highest BCUT2D eigenvalue weighted by Crippen LogP contribution is 2.45. The minimum atomic E-state index is -1.43. The molecule has 0 saturated carbocycles. The topological polar surface area (TPSA) is 110 Å². The third-order valence-corrected chi connectivity index (χ3v) is 7.96. The molecule has 2 aliphatic rings. The van der Waals surface area contributed by atoms with E-state index in [2.05, 4.69) is 0 Å². The van der Waals surface area contributed by atoms with E-state index in [9.17, 15) is 34.0 Å². The summed E-state index contributed by atoms with van der Waals surface area (Å²) in [6.07, 6.45) is -3.62. The summed E-state index contributed by atoms with van der Waals surface area (Å²) >= 11 is 0. The number of aliphatic hydroxyl groups is 4. The summed E-state index contributed by atoms with van der Waals surface area (Å²) in [5, 5.41) is 40.0. The molecular formula is C31H33F2NO6. The number of β-lactam (4-membered cyclic amide) rings is 1. The van der Waals surface area contributed by atoms with Crippen LogP contribution in [0.4, 0.5) is 14.5 Å². The highest BCUT2D eigenvalue weighted by Gasteiger charge is 2.48. The highest BCUT2D eigenvalue weighted by atomic mass is 19.1. The molecule has 2 aliphatic heterocycles. The summed E-state index contributed by atoms with van der Waals surface area (Å²) in [4.78, 5) is 14.9. The lowest BCUT2D eigenvalue weighted by molar-refractivity contribution is -0.228. The first-order valence-corrected chi connectivity index (χ1v) is 13.5. The van der Waals surface area contributed by atoms with Crippen molar-refractivity contribution in [1.29, 1.82) is 0 Å². The van der Waals surface area contributed by atoms with Crippen molar-refractivity contribution < 1.29 is 38.7 Å². The van der Waals surface area contributed by atoms with Gasteiger partial charge in [0.2, 0.25) is 5.91 Å². The molecule has 3 aromatic carbocycles. The van der Waals surface area contributed by atoms with Crippen molar-refractivity contribution in [2.45, 2.75) is 62.2 Å². The molecule has 7 atom stereocenters. The average molecular weight is 554 g/mol. The summed E-state index contributed by atoms with van der Waals surface area (Å²) < 4.78 is 32.5. The highest BCUT2D eigenvalue weighted by molar-refractivity contribution is 6.03. The summed E-state index contributed by atoms with van der Waals surface area (Å²) in [6.45, 7) is -0.488. The molecule has 1 amide bonds. The number of aryl methyl sites for hydroxylation is 1. The second-order valence-electron chi connectivity index (χ2n) is 10.6. The lowest BCUT2D eigenvalue weighted by atomic mass is 9.78. The van der Waals surface area contributed by atoms with E-state index in [1.165, 1.54) is 24.3 Å². The standard InChI is InChI=1S/C31H33F2NO6/c32-21-10-6-18(7-11-21)2-1-3-24-27(34(31(24)39)23-14-12-22(33)13-15-23)20-8-4-19(5-9-20)16-25-28(36)30(38)29(37)26(17-35)40-25/h4-15,24-30,35-38H,1-3,16-17H2/t24?,25-,26-,27?,28+,29-,30-/m1/s1. The Bertz CT molecular complexity index is 1280. The lowest BCUT2D eigenvalue weighted by Crippen LogP contribution is -2.59. The van der Waals surface area contributed by atoms with Crippen molar-refractivity contribution in [2.75, 3.05) is 11.5 Å². The van der Waals surface area contributed by atoms with Crippen LogP contribution in [0.1, 0.15) is 35.6 Å². The van der Waals surface area contributed by atoms with Gasteiger partial charge in [0.05, 0.1) is 24.7 Å². The SMILES string of the molecule is O=C1C(CCCc2ccc(F)cc2)C(c2ccc(C[C@H]3O[C@H](CO)[C@@H](O)[C@H](O)[C@H]3O)cc2)N1c1ccc(F)cc1. The van der Waals surface area contributed by atoms with E-state index in [0.29, 0.717) is 18.5 Å². The molecular weight excluding hydrogens is 520 g/mol. The van der Waals surface area contributed by atoms with E-state index in [1.807, 2.05) is 24.3 Å². The predicted octanol–water partition coefficient (Wildman–Crippen LogP) is 3.08. The molecule has 40 heavy (non-hydrogen) atoms. The van der Waals surface area contributed by atoms with E-state index in [1.54, 1.807) is 29.2 Å². The molecule has 9 heteroatoms. The number of carbonyl (C=O) groups is 1. The molecule has 0 aromatic heterocycles. The van der Waals surface area contributed by atoms with Crippen LogP contribution in [-0.2, 0) is 22.4 Å². The Kier molecular flexibility index (Phi) is 8.58. The number of carbonyl (C=O) groups excluding carboxylic acids is 1. The smallest absolute Gasteiger partial charge is 0.233 e. The van der Waals surface area contributed by atoms with Gasteiger partial charge in [-0.15, -0.1) is 0 Å². The van der Waals surface area contributed by atoms with Crippen molar-refractivity contribution in [2.24, 2.45) is 5.92 Å². The molecule has 2 heterocycles. The first-order valence-electron chi connectivity index (χ1n) is 13.5. The number of amides is 1. The molecule has 2 fully saturated rings. The molecule has 0 aliphatic carbocycles. The first kappa shape index (κ1) is 28.3. The van der Waals surface area contributed by atoms with Crippen LogP contribution in [0.15, 0.2) is 72.8 Å². The van der Waals surface area contributed by atoms with Crippen molar-refractivity contribution >= 4 is 11.6 Å². The van der Waals surface area contributed by atoms with Crippen LogP contribution in [0.25, 0.3) is 0 Å². The van der Waals surface area contributed by atoms with E-state index in [4.69, 9.17) is 4.74 Å². The molecule has 7 nitrogen and oxygen atoms in total. The van der Waals surface area contributed by atoms with Crippen LogP contribution < -0.4 is 4.90 Å². The van der Waals surface area contributed by atoms with E-state index < -0.39 is 37.1 Å². The summed E-state index contributed by atoms with van der Waals surface area (Å²) in [7, 11) is 0. The third kappa shape index (κ3) is 5.80. The number of benzene rings is 3. The fraction of sp³-hybridized carbons (Fsp3) is 0.387. The largest absolute Gasteiger partial charge is 0.394 e. The van der Waals surface area contributed by atoms with Gasteiger partial charge in [0.1, 0.15) is 36.1 Å². The van der Waals surface area contributed by atoms with E-state index in [0.717, 1.165) is 23.1 Å². The van der Waals surface area contributed by atoms with Crippen LogP contribution in [0.5, 0.6) is 0 Å². The molecule has 5 rings (SSSR count). The quantitative estimate of drug-likeness (QED) is 0.303. The monoisotopic (exact) mass is 553 g/mol. The Hall–Kier alpha value is -3.21. The number of nitrogens with zero attached hydrogens (tertiary/aromatic N) is 1. The summed E-state index contributed by atoms with van der Waals surface area (Å²) in [5.74, 6) is -0.993. The van der Waals surface area contributed by atoms with Crippen LogP contribution in [0.2, 0.25) is 0 Å². The predicted molar refractivity (Wildman–Crippen MR) is 143 cm³/mol. The minimum Gasteiger partial charge on any atom is -0.394 e. The molecule has 4 N–H and O–H groups in total. The molecule has 0 radical (unpaired) electrons. The number of hydrogen-bond acceptors (Lipinski definition) is 6. The Balaban J connectivity index is 1.31. The number of ether oxygens (including phenoxy) is 1. The second-order valence-corrected chi connectivity index (χ2v) is 10.6. The number of hydrogen-bond donors (Lipinski definition) is 4. The third-order valence-electron chi connectivity index (χ3n) is 7.96. The maximum Gasteiger partial charge on any atom is 0.233 e. The van der Waals surface area contributed by atoms with Gasteiger partial charge < -0.3 is 30.1 Å². The Labute approximate surface area is 231 Å². The van der Waals surface area contributed by atoms with Gasteiger partial charge in [0, 0.05) is 12.1 Å². The average Bonchev–Trinajstić information content (AvgIpc) is 2.96. The zero-order valence-electron chi connectivity index (χ0n) is 21.8. The Morgan fingerprint density at radius 1 is 0.750 bits per heavy atom. The fourth-order valence-electron chi connectivity index (χ4n) is 5.71. The van der Waals surface area contributed by atoms with E-state index in [-0.39, 0.29) is 35.9 Å². The van der Waals surface area contributed by atoms with Gasteiger partial charge in [0.25, 0.3) is 0 Å². The molecule has 0 spiro atoms. The van der Waals surface area contributed by atoms with Gasteiger partial charge in [0.15, 0.2) is 0 Å². The zero-order valence-corrected chi connectivity index (χ0v) is 21.8. The Morgan fingerprint density at radius 2 is 1.32 bits per heavy atom. The van der Waals surface area contributed by atoms with Gasteiger partial charge in [-0.25, -0.2) is 8.78 Å². The van der Waals surface area contributed by atoms with Gasteiger partial charge in [-0.3, -0.25) is 4.79 Å². The van der Waals surface area contributed by atoms with Crippen molar-refractivity contribution in [3.63, 3.8) is 0 Å². The molecule has 3 aromatic rings. The first-order chi connectivity index (χ1) is 19.3. The molecule has 2 unspecified atom stereocenters. The number of anilines is 1.